The largest absolute Gasteiger partial charge is 0.494 e. The molecule has 0 aliphatic heterocycles. The van der Waals surface area contributed by atoms with Crippen LogP contribution in [0.5, 0.6) is 11.5 Å². The number of unbranched alkanes of at least 4 members (excludes halogenated alkanes) is 7. The van der Waals surface area contributed by atoms with Crippen molar-refractivity contribution < 1.29 is 38.6 Å². The van der Waals surface area contributed by atoms with Gasteiger partial charge in [-0.05, 0) is 67.8 Å². The van der Waals surface area contributed by atoms with Gasteiger partial charge in [-0.3, -0.25) is 9.78 Å². The number of benzene rings is 2. The summed E-state index contributed by atoms with van der Waals surface area (Å²) in [6, 6.07) is 13.1. The number of hydrogen-bond donors (Lipinski definition) is 0. The van der Waals surface area contributed by atoms with Gasteiger partial charge in [0.2, 0.25) is 0 Å². The van der Waals surface area contributed by atoms with E-state index in [2.05, 4.69) is 20.8 Å². The van der Waals surface area contributed by atoms with Gasteiger partial charge in [-0.1, -0.05) is 65.7 Å². The van der Waals surface area contributed by atoms with Crippen LogP contribution in [-0.2, 0) is 19.6 Å². The number of ether oxygens (including phenoxy) is 2. The first-order chi connectivity index (χ1) is 19.1. The van der Waals surface area contributed by atoms with Gasteiger partial charge in [0.15, 0.2) is 0 Å². The van der Waals surface area contributed by atoms with E-state index >= 15 is 0 Å². The fourth-order valence-corrected chi connectivity index (χ4v) is 3.44. The van der Waals surface area contributed by atoms with Crippen molar-refractivity contribution in [3.05, 3.63) is 72.9 Å². The predicted octanol–water partition coefficient (Wildman–Crippen LogP) is 7.98. The molecule has 8 heteroatoms. The number of carbonyl (C=O) groups excluding carboxylic acids is 2. The zero-order valence-electron chi connectivity index (χ0n) is 23.3. The maximum Gasteiger partial charge on any atom is 0.373 e. The Balaban J connectivity index is 1.77. The highest BCUT2D eigenvalue weighted by atomic mass is 17.3. The summed E-state index contributed by atoms with van der Waals surface area (Å²) < 4.78 is 11.4. The maximum absolute atomic E-state index is 12.4. The van der Waals surface area contributed by atoms with Crippen molar-refractivity contribution in [2.75, 3.05) is 13.2 Å². The molecular formula is C31H42O8. The summed E-state index contributed by atoms with van der Waals surface area (Å²) in [5.74, 6) is -0.101. The highest BCUT2D eigenvalue weighted by Crippen LogP contribution is 2.20. The summed E-state index contributed by atoms with van der Waals surface area (Å²) in [4.78, 5) is 44.7. The molecule has 2 aromatic rings. The van der Waals surface area contributed by atoms with Crippen molar-refractivity contribution in [3.63, 3.8) is 0 Å². The first-order valence-corrected chi connectivity index (χ1v) is 14.0. The van der Waals surface area contributed by atoms with Gasteiger partial charge in [0.25, 0.3) is 0 Å². The molecule has 0 bridgehead atoms. The monoisotopic (exact) mass is 542 g/mol. The molecule has 8 nitrogen and oxygen atoms in total. The second kappa shape index (κ2) is 19.9. The van der Waals surface area contributed by atoms with Crippen molar-refractivity contribution in [2.45, 2.75) is 84.5 Å². The molecule has 0 aliphatic rings. The molecule has 0 unspecified atom stereocenters. The van der Waals surface area contributed by atoms with Crippen molar-refractivity contribution >= 4 is 11.9 Å². The molecule has 39 heavy (non-hydrogen) atoms. The second-order valence-electron chi connectivity index (χ2n) is 9.10. The van der Waals surface area contributed by atoms with Crippen LogP contribution in [0.3, 0.4) is 0 Å². The minimum atomic E-state index is -0.725. The van der Waals surface area contributed by atoms with Gasteiger partial charge >= 0.3 is 18.2 Å². The third-order valence-corrected chi connectivity index (χ3v) is 5.76. The van der Waals surface area contributed by atoms with Crippen LogP contribution in [0, 0.1) is 13.2 Å². The average molecular weight is 543 g/mol. The van der Waals surface area contributed by atoms with Crippen molar-refractivity contribution in [3.8, 4) is 11.5 Å². The van der Waals surface area contributed by atoms with Crippen LogP contribution in [0.4, 0.5) is 0 Å². The van der Waals surface area contributed by atoms with Gasteiger partial charge in [-0.15, -0.1) is 9.78 Å². The van der Waals surface area contributed by atoms with Crippen LogP contribution in [0.2, 0.25) is 0 Å². The highest BCUT2D eigenvalue weighted by molar-refractivity contribution is 5.89. The van der Waals surface area contributed by atoms with Gasteiger partial charge in [0.05, 0.1) is 24.3 Å². The Morgan fingerprint density at radius 1 is 0.590 bits per heavy atom. The summed E-state index contributed by atoms with van der Waals surface area (Å²) in [5, 5.41) is 0. The molecule has 0 N–H and O–H groups in total. The summed E-state index contributed by atoms with van der Waals surface area (Å²) in [6.07, 6.45) is 10.1. The van der Waals surface area contributed by atoms with Gasteiger partial charge < -0.3 is 9.47 Å². The minimum absolute atomic E-state index is 0.167. The molecule has 214 valence electrons. The molecule has 0 aliphatic carbocycles. The number of carbonyl (C=O) groups is 2. The van der Waals surface area contributed by atoms with Crippen LogP contribution < -0.4 is 9.47 Å². The number of hydrogen-bond acceptors (Lipinski definition) is 8. The van der Waals surface area contributed by atoms with Gasteiger partial charge in [-0.25, -0.2) is 9.59 Å². The quantitative estimate of drug-likeness (QED) is 0.0891. The van der Waals surface area contributed by atoms with E-state index in [9.17, 15) is 9.59 Å². The van der Waals surface area contributed by atoms with E-state index < -0.39 is 11.9 Å². The van der Waals surface area contributed by atoms with Gasteiger partial charge in [0, 0.05) is 6.42 Å². The molecule has 0 saturated heterocycles. The van der Waals surface area contributed by atoms with E-state index in [0.717, 1.165) is 25.7 Å². The van der Waals surface area contributed by atoms with Crippen molar-refractivity contribution in [2.24, 2.45) is 0 Å². The summed E-state index contributed by atoms with van der Waals surface area (Å²) >= 11 is 0. The minimum Gasteiger partial charge on any atom is -0.494 e. The predicted molar refractivity (Wildman–Crippen MR) is 148 cm³/mol. The Labute approximate surface area is 232 Å². The topological polar surface area (TPSA) is 89.5 Å². The van der Waals surface area contributed by atoms with E-state index in [1.807, 2.05) is 0 Å². The molecule has 0 aromatic heterocycles. The van der Waals surface area contributed by atoms with E-state index in [0.29, 0.717) is 37.6 Å². The fraction of sp³-hybridized carbons (Fsp3) is 0.484. The Hall–Kier alpha value is -3.10. The van der Waals surface area contributed by atoms with E-state index in [1.165, 1.54) is 25.7 Å². The van der Waals surface area contributed by atoms with E-state index in [-0.39, 0.29) is 23.8 Å². The molecule has 0 atom stereocenters. The molecule has 0 amide bonds. The van der Waals surface area contributed by atoms with Crippen molar-refractivity contribution in [1.82, 2.24) is 0 Å². The smallest absolute Gasteiger partial charge is 0.373 e. The van der Waals surface area contributed by atoms with Crippen LogP contribution in [0.1, 0.15) is 105 Å². The molecule has 0 spiro atoms. The summed E-state index contributed by atoms with van der Waals surface area (Å²) in [6.45, 7) is 9.35. The Morgan fingerprint density at radius 2 is 1.03 bits per heavy atom. The lowest BCUT2D eigenvalue weighted by Crippen LogP contribution is -2.16. The second-order valence-corrected chi connectivity index (χ2v) is 9.10. The molecule has 2 radical (unpaired) electrons. The lowest BCUT2D eigenvalue weighted by Gasteiger charge is -2.13. The van der Waals surface area contributed by atoms with Crippen LogP contribution in [-0.4, -0.2) is 25.2 Å². The molecule has 2 rings (SSSR count). The zero-order valence-corrected chi connectivity index (χ0v) is 23.3. The van der Waals surface area contributed by atoms with E-state index in [1.54, 1.807) is 48.5 Å². The van der Waals surface area contributed by atoms with E-state index in [4.69, 9.17) is 29.0 Å². The van der Waals surface area contributed by atoms with Crippen LogP contribution >= 0.6 is 0 Å². The number of rotatable bonds is 21. The fourth-order valence-electron chi connectivity index (χ4n) is 3.44. The maximum atomic E-state index is 12.4. The molecule has 0 fully saturated rings. The SMILES string of the molecule is [CH2]CCC[C](OOC(=O)c1ccc(OCCCCCC)cc1)OOC(=O)c1ccc(OCCCCCC)cc1. The average Bonchev–Trinajstić information content (AvgIpc) is 2.97. The normalized spacial score (nSPS) is 10.9. The zero-order chi connectivity index (χ0) is 28.1. The highest BCUT2D eigenvalue weighted by Gasteiger charge is 2.21. The van der Waals surface area contributed by atoms with Crippen molar-refractivity contribution in [1.29, 1.82) is 0 Å². The molecular weight excluding hydrogens is 500 g/mol. The van der Waals surface area contributed by atoms with Crippen LogP contribution in [0.25, 0.3) is 0 Å². The van der Waals surface area contributed by atoms with Gasteiger partial charge in [-0.2, -0.15) is 0 Å². The molecule has 2 aromatic carbocycles. The van der Waals surface area contributed by atoms with Gasteiger partial charge in [0.1, 0.15) is 11.5 Å². The first-order valence-electron chi connectivity index (χ1n) is 14.0. The molecule has 0 saturated carbocycles. The standard InChI is InChI=1S/C31H42O8/c1-4-7-10-12-23-34-27-19-15-25(16-20-27)30(32)38-36-29(14-9-6-3)37-39-31(33)26-17-21-28(22-18-26)35-24-13-11-8-5-2/h15-22H,3-14,23-24H2,1-2H3. The summed E-state index contributed by atoms with van der Waals surface area (Å²) in [5.41, 5.74) is 0.545. The summed E-state index contributed by atoms with van der Waals surface area (Å²) in [7, 11) is 0. The third-order valence-electron chi connectivity index (χ3n) is 5.76. The molecule has 0 heterocycles. The Morgan fingerprint density at radius 3 is 1.41 bits per heavy atom. The lowest BCUT2D eigenvalue weighted by atomic mass is 10.2. The van der Waals surface area contributed by atoms with Crippen LogP contribution in [0.15, 0.2) is 48.5 Å². The first kappa shape index (κ1) is 32.1. The Bertz CT molecular complexity index is 853. The lowest BCUT2D eigenvalue weighted by molar-refractivity contribution is -0.363. The third kappa shape index (κ3) is 13.5. The Kier molecular flexibility index (Phi) is 16.4.